The van der Waals surface area contributed by atoms with Gasteiger partial charge in [0.05, 0.1) is 0 Å². The first-order chi connectivity index (χ1) is 4.77. The van der Waals surface area contributed by atoms with Crippen LogP contribution in [0.15, 0.2) is 24.8 Å². The van der Waals surface area contributed by atoms with Crippen molar-refractivity contribution in [3.63, 3.8) is 0 Å². The zero-order valence-corrected chi connectivity index (χ0v) is 6.03. The molecule has 0 aromatic heterocycles. The predicted molar refractivity (Wildman–Crippen MR) is 41.4 cm³/mol. The van der Waals surface area contributed by atoms with Crippen molar-refractivity contribution in [1.82, 2.24) is 0 Å². The van der Waals surface area contributed by atoms with Crippen molar-refractivity contribution in [1.29, 1.82) is 0 Å². The molecule has 0 saturated carbocycles. The smallest absolute Gasteiger partial charge is 0.171 e. The Balaban J connectivity index is 3.10. The van der Waals surface area contributed by atoms with Crippen molar-refractivity contribution in [3.8, 4) is 0 Å². The van der Waals surface area contributed by atoms with Crippen molar-refractivity contribution in [2.45, 2.75) is 25.6 Å². The van der Waals surface area contributed by atoms with Gasteiger partial charge in [0.25, 0.3) is 0 Å². The lowest BCUT2D eigenvalue weighted by Gasteiger charge is -1.92. The number of aliphatic hydroxyl groups is 2. The Morgan fingerprint density at radius 1 is 1.30 bits per heavy atom. The van der Waals surface area contributed by atoms with Crippen LogP contribution in [0.1, 0.15) is 19.3 Å². The molecule has 10 heavy (non-hydrogen) atoms. The Labute approximate surface area is 61.5 Å². The van der Waals surface area contributed by atoms with Crippen LogP contribution in [0.25, 0.3) is 0 Å². The zero-order chi connectivity index (χ0) is 7.82. The topological polar surface area (TPSA) is 40.5 Å². The molecule has 0 saturated heterocycles. The second-order valence-corrected chi connectivity index (χ2v) is 2.06. The molecule has 58 valence electrons. The van der Waals surface area contributed by atoms with E-state index in [4.69, 9.17) is 10.2 Å². The van der Waals surface area contributed by atoms with E-state index in [0.717, 1.165) is 19.3 Å². The number of allylic oxidation sites excluding steroid dienone is 2. The zero-order valence-electron chi connectivity index (χ0n) is 6.03. The molecule has 0 aliphatic rings. The highest BCUT2D eigenvalue weighted by atomic mass is 16.5. The molecule has 0 fully saturated rings. The van der Waals surface area contributed by atoms with Gasteiger partial charge in [0.15, 0.2) is 6.29 Å². The Hall–Kier alpha value is -0.600. The van der Waals surface area contributed by atoms with Crippen molar-refractivity contribution in [2.24, 2.45) is 0 Å². The van der Waals surface area contributed by atoms with Gasteiger partial charge in [-0.2, -0.15) is 0 Å². The molecule has 0 atom stereocenters. The number of aliphatic hydroxyl groups excluding tert-OH is 1. The fourth-order valence-electron chi connectivity index (χ4n) is 0.598. The summed E-state index contributed by atoms with van der Waals surface area (Å²) >= 11 is 0. The molecule has 0 rings (SSSR count). The fraction of sp³-hybridized carbons (Fsp3) is 0.500. The van der Waals surface area contributed by atoms with Crippen LogP contribution in [0.5, 0.6) is 0 Å². The molecule has 0 bridgehead atoms. The molecular weight excluding hydrogens is 128 g/mol. The van der Waals surface area contributed by atoms with E-state index in [-0.39, 0.29) is 0 Å². The summed E-state index contributed by atoms with van der Waals surface area (Å²) in [4.78, 5) is 0. The monoisotopic (exact) mass is 142 g/mol. The van der Waals surface area contributed by atoms with Gasteiger partial charge in [0, 0.05) is 0 Å². The third-order valence-electron chi connectivity index (χ3n) is 1.09. The SMILES string of the molecule is C=CCCCC=CC(O)O. The van der Waals surface area contributed by atoms with Gasteiger partial charge in [0.1, 0.15) is 0 Å². The third-order valence-corrected chi connectivity index (χ3v) is 1.09. The normalized spacial score (nSPS) is 11.1. The maximum atomic E-state index is 8.36. The van der Waals surface area contributed by atoms with Gasteiger partial charge in [-0.25, -0.2) is 0 Å². The number of hydrogen-bond acceptors (Lipinski definition) is 2. The standard InChI is InChI=1S/C8H14O2/c1-2-3-4-5-6-7-8(9)10/h2,6-10H,1,3-5H2. The lowest BCUT2D eigenvalue weighted by atomic mass is 10.2. The van der Waals surface area contributed by atoms with Gasteiger partial charge in [-0.15, -0.1) is 6.58 Å². The summed E-state index contributed by atoms with van der Waals surface area (Å²) in [5.74, 6) is 0. The van der Waals surface area contributed by atoms with Gasteiger partial charge in [0.2, 0.25) is 0 Å². The fourth-order valence-corrected chi connectivity index (χ4v) is 0.598. The third kappa shape index (κ3) is 7.40. The summed E-state index contributed by atoms with van der Waals surface area (Å²) in [6, 6.07) is 0. The van der Waals surface area contributed by atoms with Crippen molar-refractivity contribution < 1.29 is 10.2 Å². The molecule has 0 amide bonds. The Morgan fingerprint density at radius 2 is 2.00 bits per heavy atom. The summed E-state index contributed by atoms with van der Waals surface area (Å²) in [7, 11) is 0. The summed E-state index contributed by atoms with van der Waals surface area (Å²) in [6.07, 6.45) is 6.55. The number of unbranched alkanes of at least 4 members (excludes halogenated alkanes) is 2. The number of rotatable bonds is 5. The van der Waals surface area contributed by atoms with Crippen molar-refractivity contribution >= 4 is 0 Å². The first-order valence-corrected chi connectivity index (χ1v) is 3.41. The quantitative estimate of drug-likeness (QED) is 0.344. The van der Waals surface area contributed by atoms with E-state index >= 15 is 0 Å². The van der Waals surface area contributed by atoms with E-state index in [2.05, 4.69) is 6.58 Å². The largest absolute Gasteiger partial charge is 0.365 e. The molecule has 2 N–H and O–H groups in total. The molecule has 0 unspecified atom stereocenters. The van der Waals surface area contributed by atoms with Gasteiger partial charge in [-0.1, -0.05) is 12.2 Å². The number of hydrogen-bond donors (Lipinski definition) is 2. The lowest BCUT2D eigenvalue weighted by Crippen LogP contribution is -1.96. The molecular formula is C8H14O2. The highest BCUT2D eigenvalue weighted by Gasteiger charge is 1.85. The van der Waals surface area contributed by atoms with E-state index < -0.39 is 6.29 Å². The Kier molecular flexibility index (Phi) is 6.13. The summed E-state index contributed by atoms with van der Waals surface area (Å²) in [6.45, 7) is 3.57. The van der Waals surface area contributed by atoms with Gasteiger partial charge in [-0.05, 0) is 25.3 Å². The van der Waals surface area contributed by atoms with Gasteiger partial charge < -0.3 is 10.2 Å². The maximum absolute atomic E-state index is 8.36. The van der Waals surface area contributed by atoms with Crippen LogP contribution < -0.4 is 0 Å². The van der Waals surface area contributed by atoms with E-state index in [1.165, 1.54) is 6.08 Å². The van der Waals surface area contributed by atoms with E-state index in [1.807, 2.05) is 6.08 Å². The molecule has 0 aromatic carbocycles. The summed E-state index contributed by atoms with van der Waals surface area (Å²) in [5, 5.41) is 16.7. The lowest BCUT2D eigenvalue weighted by molar-refractivity contribution is 0.00216. The van der Waals surface area contributed by atoms with E-state index in [9.17, 15) is 0 Å². The second-order valence-electron chi connectivity index (χ2n) is 2.06. The molecule has 0 heterocycles. The first-order valence-electron chi connectivity index (χ1n) is 3.41. The Bertz CT molecular complexity index is 106. The molecule has 0 aliphatic carbocycles. The minimum absolute atomic E-state index is 0.879. The molecule has 0 aromatic rings. The average molecular weight is 142 g/mol. The van der Waals surface area contributed by atoms with Crippen LogP contribution >= 0.6 is 0 Å². The van der Waals surface area contributed by atoms with Crippen LogP contribution in [0.3, 0.4) is 0 Å². The van der Waals surface area contributed by atoms with Gasteiger partial charge in [-0.3, -0.25) is 0 Å². The Morgan fingerprint density at radius 3 is 2.50 bits per heavy atom. The van der Waals surface area contributed by atoms with Crippen molar-refractivity contribution in [2.75, 3.05) is 0 Å². The average Bonchev–Trinajstić information content (AvgIpc) is 1.87. The van der Waals surface area contributed by atoms with Crippen LogP contribution in [-0.4, -0.2) is 16.5 Å². The molecule has 0 radical (unpaired) electrons. The van der Waals surface area contributed by atoms with Crippen LogP contribution in [0.4, 0.5) is 0 Å². The first kappa shape index (κ1) is 9.40. The minimum Gasteiger partial charge on any atom is -0.365 e. The summed E-state index contributed by atoms with van der Waals surface area (Å²) < 4.78 is 0. The van der Waals surface area contributed by atoms with Crippen LogP contribution in [0.2, 0.25) is 0 Å². The molecule has 0 spiro atoms. The second kappa shape index (κ2) is 6.52. The van der Waals surface area contributed by atoms with Crippen molar-refractivity contribution in [3.05, 3.63) is 24.8 Å². The highest BCUT2D eigenvalue weighted by Crippen LogP contribution is 1.96. The predicted octanol–water partition coefficient (Wildman–Crippen LogP) is 1.21. The van der Waals surface area contributed by atoms with Gasteiger partial charge >= 0.3 is 0 Å². The molecule has 0 aliphatic heterocycles. The molecule has 2 nitrogen and oxygen atoms in total. The van der Waals surface area contributed by atoms with E-state index in [1.54, 1.807) is 6.08 Å². The minimum atomic E-state index is -1.30. The van der Waals surface area contributed by atoms with Crippen LogP contribution in [0, 0.1) is 0 Å². The maximum Gasteiger partial charge on any atom is 0.171 e. The van der Waals surface area contributed by atoms with E-state index in [0.29, 0.717) is 0 Å². The summed E-state index contributed by atoms with van der Waals surface area (Å²) in [5.41, 5.74) is 0. The van der Waals surface area contributed by atoms with Crippen LogP contribution in [-0.2, 0) is 0 Å². The molecule has 2 heteroatoms. The highest BCUT2D eigenvalue weighted by molar-refractivity contribution is 4.84.